The van der Waals surface area contributed by atoms with E-state index >= 15 is 0 Å². The summed E-state index contributed by atoms with van der Waals surface area (Å²) < 4.78 is 13.7. The third-order valence-electron chi connectivity index (χ3n) is 5.59. The van der Waals surface area contributed by atoms with Crippen molar-refractivity contribution < 1.29 is 14.0 Å². The zero-order valence-corrected chi connectivity index (χ0v) is 18.0. The topological polar surface area (TPSA) is 77.2 Å². The molecule has 0 bridgehead atoms. The molecule has 7 heteroatoms. The van der Waals surface area contributed by atoms with E-state index in [1.807, 2.05) is 13.8 Å². The van der Waals surface area contributed by atoms with Crippen LogP contribution in [0.1, 0.15) is 53.1 Å². The van der Waals surface area contributed by atoms with Gasteiger partial charge in [-0.25, -0.2) is 4.39 Å². The SMILES string of the molecule is CCN(CC)CCCNC(=O)c1c(C)[nH]c(/C=C2\C(=O)Nc3ccc(F)cc32)c1C. The average Bonchev–Trinajstić information content (AvgIpc) is 3.17. The zero-order chi connectivity index (χ0) is 21.8. The molecule has 2 amide bonds. The molecule has 30 heavy (non-hydrogen) atoms. The van der Waals surface area contributed by atoms with Crippen LogP contribution in [-0.4, -0.2) is 47.9 Å². The molecule has 0 saturated carbocycles. The summed E-state index contributed by atoms with van der Waals surface area (Å²) in [6.07, 6.45) is 2.56. The van der Waals surface area contributed by atoms with Crippen LogP contribution in [-0.2, 0) is 4.79 Å². The molecule has 1 aliphatic heterocycles. The lowest BCUT2D eigenvalue weighted by molar-refractivity contribution is -0.110. The van der Waals surface area contributed by atoms with Crippen molar-refractivity contribution in [1.82, 2.24) is 15.2 Å². The normalized spacial score (nSPS) is 14.3. The van der Waals surface area contributed by atoms with Gasteiger partial charge in [-0.3, -0.25) is 9.59 Å². The maximum absolute atomic E-state index is 13.7. The highest BCUT2D eigenvalue weighted by Gasteiger charge is 2.26. The Morgan fingerprint density at radius 2 is 1.97 bits per heavy atom. The molecule has 0 aliphatic carbocycles. The van der Waals surface area contributed by atoms with Crippen LogP contribution in [0.3, 0.4) is 0 Å². The van der Waals surface area contributed by atoms with Crippen molar-refractivity contribution in [2.24, 2.45) is 0 Å². The van der Waals surface area contributed by atoms with E-state index in [0.717, 1.165) is 37.3 Å². The van der Waals surface area contributed by atoms with Gasteiger partial charge in [-0.15, -0.1) is 0 Å². The lowest BCUT2D eigenvalue weighted by atomic mass is 10.0. The van der Waals surface area contributed by atoms with Crippen LogP contribution in [0.15, 0.2) is 18.2 Å². The molecule has 0 unspecified atom stereocenters. The van der Waals surface area contributed by atoms with Gasteiger partial charge in [-0.1, -0.05) is 13.8 Å². The van der Waals surface area contributed by atoms with E-state index in [-0.39, 0.29) is 11.8 Å². The Balaban J connectivity index is 1.76. The molecular weight excluding hydrogens is 383 g/mol. The third-order valence-corrected chi connectivity index (χ3v) is 5.59. The van der Waals surface area contributed by atoms with Crippen LogP contribution < -0.4 is 10.6 Å². The fourth-order valence-electron chi connectivity index (χ4n) is 3.84. The lowest BCUT2D eigenvalue weighted by Crippen LogP contribution is -2.30. The number of H-pyrrole nitrogens is 1. The summed E-state index contributed by atoms with van der Waals surface area (Å²) in [5.41, 5.74) is 4.23. The second-order valence-electron chi connectivity index (χ2n) is 7.50. The van der Waals surface area contributed by atoms with Gasteiger partial charge in [0.05, 0.1) is 11.1 Å². The average molecular weight is 413 g/mol. The number of amides is 2. The number of halogens is 1. The summed E-state index contributed by atoms with van der Waals surface area (Å²) in [5, 5.41) is 5.73. The summed E-state index contributed by atoms with van der Waals surface area (Å²) in [7, 11) is 0. The number of nitrogens with one attached hydrogen (secondary N) is 3. The molecule has 2 heterocycles. The summed E-state index contributed by atoms with van der Waals surface area (Å²) in [4.78, 5) is 30.6. The smallest absolute Gasteiger partial charge is 0.256 e. The molecule has 1 aromatic heterocycles. The van der Waals surface area contributed by atoms with Crippen molar-refractivity contribution in [3.05, 3.63) is 52.1 Å². The summed E-state index contributed by atoms with van der Waals surface area (Å²) in [6, 6.07) is 4.20. The van der Waals surface area contributed by atoms with Gasteiger partial charge in [0.15, 0.2) is 0 Å². The molecule has 0 spiro atoms. The first-order valence-corrected chi connectivity index (χ1v) is 10.4. The van der Waals surface area contributed by atoms with Crippen molar-refractivity contribution in [2.45, 2.75) is 34.1 Å². The summed E-state index contributed by atoms with van der Waals surface area (Å²) in [5.74, 6) is -0.822. The number of fused-ring (bicyclic) bond motifs is 1. The lowest BCUT2D eigenvalue weighted by Gasteiger charge is -2.17. The van der Waals surface area contributed by atoms with Crippen molar-refractivity contribution >= 4 is 29.2 Å². The number of rotatable bonds is 8. The molecule has 0 radical (unpaired) electrons. The Kier molecular flexibility index (Phi) is 6.72. The number of benzene rings is 1. The molecule has 0 fully saturated rings. The van der Waals surface area contributed by atoms with E-state index in [0.29, 0.717) is 34.6 Å². The van der Waals surface area contributed by atoms with Gasteiger partial charge in [0.2, 0.25) is 0 Å². The molecule has 3 N–H and O–H groups in total. The quantitative estimate of drug-likeness (QED) is 0.457. The highest BCUT2D eigenvalue weighted by Crippen LogP contribution is 2.34. The van der Waals surface area contributed by atoms with E-state index in [4.69, 9.17) is 0 Å². The summed E-state index contributed by atoms with van der Waals surface area (Å²) >= 11 is 0. The van der Waals surface area contributed by atoms with Crippen molar-refractivity contribution in [2.75, 3.05) is 31.5 Å². The molecule has 1 aliphatic rings. The molecular formula is C23H29FN4O2. The van der Waals surface area contributed by atoms with Gasteiger partial charge >= 0.3 is 0 Å². The minimum Gasteiger partial charge on any atom is -0.358 e. The van der Waals surface area contributed by atoms with Gasteiger partial charge in [-0.05, 0) is 69.7 Å². The Labute approximate surface area is 176 Å². The van der Waals surface area contributed by atoms with E-state index in [9.17, 15) is 14.0 Å². The fraction of sp³-hybridized carbons (Fsp3) is 0.391. The van der Waals surface area contributed by atoms with Crippen LogP contribution in [0.5, 0.6) is 0 Å². The highest BCUT2D eigenvalue weighted by atomic mass is 19.1. The number of hydrogen-bond donors (Lipinski definition) is 3. The van der Waals surface area contributed by atoms with Crippen LogP contribution >= 0.6 is 0 Å². The van der Waals surface area contributed by atoms with Crippen LogP contribution in [0.25, 0.3) is 11.6 Å². The second-order valence-corrected chi connectivity index (χ2v) is 7.50. The first kappa shape index (κ1) is 21.8. The van der Waals surface area contributed by atoms with Gasteiger partial charge in [0, 0.05) is 29.2 Å². The minimum absolute atomic E-state index is 0.132. The Bertz CT molecular complexity index is 989. The van der Waals surface area contributed by atoms with Gasteiger partial charge in [0.1, 0.15) is 5.82 Å². The van der Waals surface area contributed by atoms with Crippen molar-refractivity contribution in [3.63, 3.8) is 0 Å². The second kappa shape index (κ2) is 9.26. The predicted molar refractivity (Wildman–Crippen MR) is 118 cm³/mol. The van der Waals surface area contributed by atoms with Crippen molar-refractivity contribution in [3.8, 4) is 0 Å². The van der Waals surface area contributed by atoms with Crippen LogP contribution in [0.4, 0.5) is 10.1 Å². The van der Waals surface area contributed by atoms with Gasteiger partial charge < -0.3 is 20.5 Å². The Morgan fingerprint density at radius 3 is 2.67 bits per heavy atom. The summed E-state index contributed by atoms with van der Waals surface area (Å²) in [6.45, 7) is 11.5. The van der Waals surface area contributed by atoms with E-state index in [1.165, 1.54) is 12.1 Å². The molecule has 3 rings (SSSR count). The van der Waals surface area contributed by atoms with Gasteiger partial charge in [0.25, 0.3) is 11.8 Å². The fourth-order valence-corrected chi connectivity index (χ4v) is 3.84. The number of aromatic nitrogens is 1. The molecule has 6 nitrogen and oxygen atoms in total. The highest BCUT2D eigenvalue weighted by molar-refractivity contribution is 6.34. The zero-order valence-electron chi connectivity index (χ0n) is 18.0. The number of anilines is 1. The number of nitrogens with zero attached hydrogens (tertiary/aromatic N) is 1. The standard InChI is InChI=1S/C23H29FN4O2/c1-5-28(6-2)11-7-10-25-23(30)21-14(3)20(26-15(21)4)13-18-17-12-16(24)8-9-19(17)27-22(18)29/h8-9,12-13,26H,5-7,10-11H2,1-4H3,(H,25,30)(H,27,29)/b18-13-. The number of carbonyl (C=O) groups is 2. The third kappa shape index (κ3) is 4.46. The first-order chi connectivity index (χ1) is 14.3. The molecule has 1 aromatic carbocycles. The maximum Gasteiger partial charge on any atom is 0.256 e. The largest absolute Gasteiger partial charge is 0.358 e. The Hall–Kier alpha value is -2.93. The molecule has 2 aromatic rings. The maximum atomic E-state index is 13.7. The number of aromatic amines is 1. The van der Waals surface area contributed by atoms with Crippen LogP contribution in [0.2, 0.25) is 0 Å². The predicted octanol–water partition coefficient (Wildman–Crippen LogP) is 3.73. The Morgan fingerprint density at radius 1 is 1.23 bits per heavy atom. The van der Waals surface area contributed by atoms with E-state index in [1.54, 1.807) is 12.1 Å². The van der Waals surface area contributed by atoms with Crippen molar-refractivity contribution in [1.29, 1.82) is 0 Å². The number of aryl methyl sites for hydroxylation is 1. The molecule has 160 valence electrons. The molecule has 0 atom stereocenters. The first-order valence-electron chi connectivity index (χ1n) is 10.4. The van der Waals surface area contributed by atoms with E-state index in [2.05, 4.69) is 34.4 Å². The monoisotopic (exact) mass is 412 g/mol. The van der Waals surface area contributed by atoms with E-state index < -0.39 is 5.82 Å². The minimum atomic E-state index is -0.402. The number of carbonyl (C=O) groups excluding carboxylic acids is 2. The van der Waals surface area contributed by atoms with Crippen LogP contribution in [0, 0.1) is 19.7 Å². The number of hydrogen-bond acceptors (Lipinski definition) is 3. The molecule has 0 saturated heterocycles. The van der Waals surface area contributed by atoms with Gasteiger partial charge in [-0.2, -0.15) is 0 Å².